The molecular formula is C21H31ClN2O4S. The SMILES string of the molecule is CC(Cc1ccc(Cl)cc1)[NH+](C)Cc1ccco1.O=S(=O)([O-])NC1CCCCC1. The Morgan fingerprint density at radius 2 is 1.86 bits per heavy atom. The molecule has 0 amide bonds. The molecule has 1 aromatic heterocycles. The van der Waals surface area contributed by atoms with Crippen LogP contribution in [0.3, 0.4) is 0 Å². The van der Waals surface area contributed by atoms with Gasteiger partial charge in [-0.1, -0.05) is 43.0 Å². The number of furan rings is 1. The van der Waals surface area contributed by atoms with Gasteiger partial charge in [-0.3, -0.25) is 0 Å². The number of nitrogens with one attached hydrogen (secondary N) is 2. The van der Waals surface area contributed by atoms with Gasteiger partial charge in [0.05, 0.1) is 19.4 Å². The lowest BCUT2D eigenvalue weighted by molar-refractivity contribution is -0.918. The molecule has 0 spiro atoms. The second kappa shape index (κ2) is 11.7. The summed E-state index contributed by atoms with van der Waals surface area (Å²) in [7, 11) is -2.03. The van der Waals surface area contributed by atoms with Crippen LogP contribution in [0.5, 0.6) is 0 Å². The maximum Gasteiger partial charge on any atom is 0.159 e. The van der Waals surface area contributed by atoms with E-state index in [-0.39, 0.29) is 6.04 Å². The zero-order valence-electron chi connectivity index (χ0n) is 17.1. The molecule has 3 rings (SSSR count). The van der Waals surface area contributed by atoms with Gasteiger partial charge in [0.2, 0.25) is 0 Å². The molecule has 8 heteroatoms. The fourth-order valence-electron chi connectivity index (χ4n) is 3.44. The number of halogens is 1. The van der Waals surface area contributed by atoms with Gasteiger partial charge in [0, 0.05) is 17.5 Å². The fourth-order valence-corrected chi connectivity index (χ4v) is 4.20. The second-order valence-corrected chi connectivity index (χ2v) is 9.32. The van der Waals surface area contributed by atoms with Crippen molar-refractivity contribution in [3.8, 4) is 0 Å². The summed E-state index contributed by atoms with van der Waals surface area (Å²) in [4.78, 5) is 1.44. The Labute approximate surface area is 179 Å². The molecule has 2 aromatic rings. The molecule has 1 aliphatic carbocycles. The van der Waals surface area contributed by atoms with Crippen molar-refractivity contribution in [2.75, 3.05) is 7.05 Å². The predicted molar refractivity (Wildman–Crippen MR) is 114 cm³/mol. The lowest BCUT2D eigenvalue weighted by Crippen LogP contribution is -3.11. The Bertz CT molecular complexity index is 804. The molecule has 2 N–H and O–H groups in total. The van der Waals surface area contributed by atoms with Crippen LogP contribution in [-0.4, -0.2) is 32.1 Å². The minimum Gasteiger partial charge on any atom is -0.735 e. The van der Waals surface area contributed by atoms with Crippen molar-refractivity contribution in [1.82, 2.24) is 4.72 Å². The number of hydrogen-bond acceptors (Lipinski definition) is 4. The van der Waals surface area contributed by atoms with E-state index in [4.69, 9.17) is 16.0 Å². The Kier molecular flexibility index (Phi) is 9.65. The molecule has 0 aliphatic heterocycles. The van der Waals surface area contributed by atoms with Gasteiger partial charge in [-0.2, -0.15) is 0 Å². The Morgan fingerprint density at radius 1 is 1.21 bits per heavy atom. The summed E-state index contributed by atoms with van der Waals surface area (Å²) in [6, 6.07) is 12.5. The lowest BCUT2D eigenvalue weighted by Gasteiger charge is -2.23. The van der Waals surface area contributed by atoms with Crippen LogP contribution in [-0.2, 0) is 23.3 Å². The average molecular weight is 443 g/mol. The van der Waals surface area contributed by atoms with Crippen molar-refractivity contribution < 1.29 is 22.3 Å². The van der Waals surface area contributed by atoms with Gasteiger partial charge in [0.15, 0.2) is 16.1 Å². The van der Waals surface area contributed by atoms with Gasteiger partial charge in [-0.05, 0) is 49.6 Å². The second-order valence-electron chi connectivity index (χ2n) is 7.74. The van der Waals surface area contributed by atoms with Crippen LogP contribution >= 0.6 is 11.6 Å². The minimum atomic E-state index is -4.22. The lowest BCUT2D eigenvalue weighted by atomic mass is 9.96. The molecule has 0 bridgehead atoms. The summed E-state index contributed by atoms with van der Waals surface area (Å²) in [6.07, 6.45) is 7.58. The van der Waals surface area contributed by atoms with Crippen molar-refractivity contribution in [2.24, 2.45) is 0 Å². The summed E-state index contributed by atoms with van der Waals surface area (Å²) in [5.74, 6) is 1.04. The van der Waals surface area contributed by atoms with Crippen molar-refractivity contribution in [2.45, 2.75) is 64.1 Å². The predicted octanol–water partition coefficient (Wildman–Crippen LogP) is 2.95. The van der Waals surface area contributed by atoms with E-state index in [0.717, 1.165) is 55.9 Å². The summed E-state index contributed by atoms with van der Waals surface area (Å²) in [5.41, 5.74) is 1.32. The number of hydrogen-bond donors (Lipinski definition) is 2. The highest BCUT2D eigenvalue weighted by molar-refractivity contribution is 7.83. The standard InChI is InChI=1S/C15H18ClNO.C6H13NO3S/c1-12(10-13-5-7-14(16)8-6-13)17(2)11-15-4-3-9-18-15;8-11(9,10)7-6-4-2-1-3-5-6/h3-9,12H,10-11H2,1-2H3;6-7H,1-5H2,(H,8,9,10). The molecule has 1 aliphatic rings. The van der Waals surface area contributed by atoms with Gasteiger partial charge in [-0.15, -0.1) is 0 Å². The number of quaternary nitrogens is 1. The van der Waals surface area contributed by atoms with Crippen LogP contribution in [0.2, 0.25) is 5.02 Å². The quantitative estimate of drug-likeness (QED) is 0.645. The molecule has 1 saturated carbocycles. The smallest absolute Gasteiger partial charge is 0.159 e. The van der Waals surface area contributed by atoms with Crippen LogP contribution in [0.1, 0.15) is 50.4 Å². The largest absolute Gasteiger partial charge is 0.735 e. The Hall–Kier alpha value is -1.38. The molecule has 2 unspecified atom stereocenters. The van der Waals surface area contributed by atoms with E-state index >= 15 is 0 Å². The van der Waals surface area contributed by atoms with Gasteiger partial charge in [0.25, 0.3) is 0 Å². The fraction of sp³-hybridized carbons (Fsp3) is 0.524. The third-order valence-corrected chi connectivity index (χ3v) is 6.12. The van der Waals surface area contributed by atoms with Crippen LogP contribution in [0.4, 0.5) is 0 Å². The van der Waals surface area contributed by atoms with Crippen molar-refractivity contribution in [3.63, 3.8) is 0 Å². The van der Waals surface area contributed by atoms with E-state index in [1.807, 2.05) is 24.3 Å². The van der Waals surface area contributed by atoms with Gasteiger partial charge in [0.1, 0.15) is 6.54 Å². The van der Waals surface area contributed by atoms with Crippen molar-refractivity contribution >= 4 is 21.9 Å². The van der Waals surface area contributed by atoms with E-state index in [2.05, 4.69) is 30.8 Å². The third-order valence-electron chi connectivity index (χ3n) is 5.25. The molecular weight excluding hydrogens is 412 g/mol. The topological polar surface area (TPSA) is 86.8 Å². The van der Waals surface area contributed by atoms with E-state index in [1.54, 1.807) is 6.26 Å². The first-order chi connectivity index (χ1) is 13.7. The zero-order chi connectivity index (χ0) is 21.3. The molecule has 0 radical (unpaired) electrons. The normalized spacial score (nSPS) is 17.2. The summed E-state index contributed by atoms with van der Waals surface area (Å²) < 4.78 is 38.2. The van der Waals surface area contributed by atoms with Crippen LogP contribution in [0.25, 0.3) is 0 Å². The number of likely N-dealkylation sites (N-methyl/N-ethyl adjacent to an activating group) is 1. The molecule has 162 valence electrons. The number of rotatable bonds is 7. The maximum absolute atomic E-state index is 10.2. The van der Waals surface area contributed by atoms with E-state index in [1.165, 1.54) is 10.5 Å². The molecule has 1 heterocycles. The Balaban J connectivity index is 0.000000234. The summed E-state index contributed by atoms with van der Waals surface area (Å²) in [5, 5.41) is 0.794. The molecule has 2 atom stereocenters. The van der Waals surface area contributed by atoms with Crippen LogP contribution < -0.4 is 9.62 Å². The molecule has 1 aromatic carbocycles. The first-order valence-electron chi connectivity index (χ1n) is 10.0. The van der Waals surface area contributed by atoms with E-state index < -0.39 is 10.3 Å². The third kappa shape index (κ3) is 9.78. The maximum atomic E-state index is 10.2. The van der Waals surface area contributed by atoms with Gasteiger partial charge in [-0.25, -0.2) is 13.1 Å². The minimum absolute atomic E-state index is 0.105. The molecule has 6 nitrogen and oxygen atoms in total. The average Bonchev–Trinajstić information content (AvgIpc) is 3.16. The zero-order valence-corrected chi connectivity index (χ0v) is 18.6. The summed E-state index contributed by atoms with van der Waals surface area (Å²) in [6.45, 7) is 3.18. The highest BCUT2D eigenvalue weighted by Gasteiger charge is 2.15. The first kappa shape index (κ1) is 23.9. The monoisotopic (exact) mass is 442 g/mol. The molecule has 0 saturated heterocycles. The van der Waals surface area contributed by atoms with Gasteiger partial charge >= 0.3 is 0 Å². The van der Waals surface area contributed by atoms with Crippen molar-refractivity contribution in [1.29, 1.82) is 0 Å². The number of benzene rings is 1. The molecule has 1 fully saturated rings. The van der Waals surface area contributed by atoms with E-state index in [9.17, 15) is 13.0 Å². The highest BCUT2D eigenvalue weighted by Crippen LogP contribution is 2.17. The van der Waals surface area contributed by atoms with Crippen molar-refractivity contribution in [3.05, 3.63) is 59.0 Å². The highest BCUT2D eigenvalue weighted by atomic mass is 35.5. The van der Waals surface area contributed by atoms with Crippen LogP contribution in [0.15, 0.2) is 47.1 Å². The first-order valence-corrected chi connectivity index (χ1v) is 11.8. The van der Waals surface area contributed by atoms with Gasteiger partial charge < -0.3 is 13.9 Å². The Morgan fingerprint density at radius 3 is 2.41 bits per heavy atom. The van der Waals surface area contributed by atoms with Crippen LogP contribution in [0, 0.1) is 0 Å². The summed E-state index contributed by atoms with van der Waals surface area (Å²) >= 11 is 5.89. The van der Waals surface area contributed by atoms with E-state index in [0.29, 0.717) is 6.04 Å². The molecule has 29 heavy (non-hydrogen) atoms.